The number of carbonyl (C=O) groups excluding carboxylic acids is 2. The van der Waals surface area contributed by atoms with E-state index in [1.54, 1.807) is 23.7 Å². The zero-order valence-corrected chi connectivity index (χ0v) is 16.8. The zero-order valence-electron chi connectivity index (χ0n) is 16.0. The summed E-state index contributed by atoms with van der Waals surface area (Å²) in [7, 11) is 1.73. The molecular formula is C21H25FN2O2S. The Morgan fingerprint density at radius 3 is 2.19 bits per heavy atom. The van der Waals surface area contributed by atoms with Gasteiger partial charge in [0, 0.05) is 24.1 Å². The van der Waals surface area contributed by atoms with Gasteiger partial charge >= 0.3 is 0 Å². The van der Waals surface area contributed by atoms with Crippen LogP contribution < -0.4 is 5.32 Å². The first-order chi connectivity index (χ1) is 12.8. The van der Waals surface area contributed by atoms with Gasteiger partial charge in [-0.2, -0.15) is 0 Å². The van der Waals surface area contributed by atoms with Gasteiger partial charge in [-0.25, -0.2) is 4.39 Å². The summed E-state index contributed by atoms with van der Waals surface area (Å²) in [6.45, 7) is 4.23. The molecule has 4 nitrogen and oxygen atoms in total. The van der Waals surface area contributed by atoms with Gasteiger partial charge in [-0.1, -0.05) is 26.0 Å². The van der Waals surface area contributed by atoms with Gasteiger partial charge in [0.25, 0.3) is 5.91 Å². The molecular weight excluding hydrogens is 363 g/mol. The minimum Gasteiger partial charge on any atom is -0.340 e. The number of nitrogens with one attached hydrogen (secondary N) is 1. The summed E-state index contributed by atoms with van der Waals surface area (Å²) in [4.78, 5) is 28.1. The van der Waals surface area contributed by atoms with Crippen LogP contribution in [-0.2, 0) is 11.3 Å². The molecule has 27 heavy (non-hydrogen) atoms. The minimum atomic E-state index is -0.655. The van der Waals surface area contributed by atoms with E-state index in [9.17, 15) is 14.0 Å². The average Bonchev–Trinajstić information content (AvgIpc) is 2.66. The molecule has 0 aliphatic rings. The van der Waals surface area contributed by atoms with E-state index in [2.05, 4.69) is 5.32 Å². The molecule has 0 aliphatic carbocycles. The third-order valence-corrected chi connectivity index (χ3v) is 5.02. The van der Waals surface area contributed by atoms with Crippen LogP contribution in [0.3, 0.4) is 0 Å². The summed E-state index contributed by atoms with van der Waals surface area (Å²) in [6.07, 6.45) is 2.02. The summed E-state index contributed by atoms with van der Waals surface area (Å²) in [5.41, 5.74) is 1.35. The second-order valence-corrected chi connectivity index (χ2v) is 7.62. The van der Waals surface area contributed by atoms with Crippen LogP contribution in [0.25, 0.3) is 0 Å². The van der Waals surface area contributed by atoms with Crippen LogP contribution >= 0.6 is 11.8 Å². The highest BCUT2D eigenvalue weighted by molar-refractivity contribution is 7.98. The second-order valence-electron chi connectivity index (χ2n) is 6.74. The highest BCUT2D eigenvalue weighted by Gasteiger charge is 2.27. The summed E-state index contributed by atoms with van der Waals surface area (Å²) < 4.78 is 13.0. The molecule has 0 saturated heterocycles. The summed E-state index contributed by atoms with van der Waals surface area (Å²) in [5, 5.41) is 2.78. The fraction of sp³-hybridized carbons (Fsp3) is 0.333. The Kier molecular flexibility index (Phi) is 7.42. The lowest BCUT2D eigenvalue weighted by Gasteiger charge is -2.27. The van der Waals surface area contributed by atoms with Gasteiger partial charge in [0.15, 0.2) is 0 Å². The van der Waals surface area contributed by atoms with Crippen molar-refractivity contribution in [3.8, 4) is 0 Å². The van der Waals surface area contributed by atoms with Crippen molar-refractivity contribution in [1.82, 2.24) is 10.2 Å². The number of thioether (sulfide) groups is 1. The highest BCUT2D eigenvalue weighted by atomic mass is 32.2. The van der Waals surface area contributed by atoms with Crippen LogP contribution in [-0.4, -0.2) is 36.1 Å². The lowest BCUT2D eigenvalue weighted by Crippen LogP contribution is -2.50. The number of rotatable bonds is 7. The van der Waals surface area contributed by atoms with Crippen LogP contribution in [0.5, 0.6) is 0 Å². The Labute approximate surface area is 164 Å². The molecule has 0 aliphatic heterocycles. The molecule has 2 rings (SSSR count). The molecule has 0 heterocycles. The Hall–Kier alpha value is -2.34. The maximum atomic E-state index is 13.0. The maximum absolute atomic E-state index is 13.0. The predicted octanol–water partition coefficient (Wildman–Crippen LogP) is 3.96. The first-order valence-electron chi connectivity index (χ1n) is 8.76. The van der Waals surface area contributed by atoms with E-state index in [4.69, 9.17) is 0 Å². The monoisotopic (exact) mass is 388 g/mol. The highest BCUT2D eigenvalue weighted by Crippen LogP contribution is 2.16. The first kappa shape index (κ1) is 21.0. The van der Waals surface area contributed by atoms with Gasteiger partial charge in [-0.3, -0.25) is 9.59 Å². The topological polar surface area (TPSA) is 49.4 Å². The lowest BCUT2D eigenvalue weighted by molar-refractivity contribution is -0.133. The lowest BCUT2D eigenvalue weighted by atomic mass is 10.0. The Morgan fingerprint density at radius 2 is 1.67 bits per heavy atom. The Morgan fingerprint density at radius 1 is 1.07 bits per heavy atom. The Bertz CT molecular complexity index is 776. The molecule has 0 aromatic heterocycles. The van der Waals surface area contributed by atoms with E-state index in [-0.39, 0.29) is 17.7 Å². The van der Waals surface area contributed by atoms with Crippen LogP contribution in [0.2, 0.25) is 0 Å². The molecule has 1 atom stereocenters. The van der Waals surface area contributed by atoms with Gasteiger partial charge < -0.3 is 10.2 Å². The molecule has 0 fully saturated rings. The smallest absolute Gasteiger partial charge is 0.251 e. The molecule has 0 bridgehead atoms. The van der Waals surface area contributed by atoms with Crippen molar-refractivity contribution >= 4 is 23.6 Å². The third-order valence-electron chi connectivity index (χ3n) is 4.28. The van der Waals surface area contributed by atoms with Crippen LogP contribution in [0.15, 0.2) is 53.4 Å². The first-order valence-corrected chi connectivity index (χ1v) is 9.98. The number of nitrogens with zero attached hydrogens (tertiary/aromatic N) is 1. The summed E-state index contributed by atoms with van der Waals surface area (Å²) in [6, 6.07) is 12.7. The van der Waals surface area contributed by atoms with E-state index in [1.807, 2.05) is 44.4 Å². The van der Waals surface area contributed by atoms with Gasteiger partial charge in [0.05, 0.1) is 0 Å². The minimum absolute atomic E-state index is 0.0804. The largest absolute Gasteiger partial charge is 0.340 e. The standard InChI is InChI=1S/C21H25FN2O2S/c1-14(2)19(23-20(25)16-7-9-17(22)10-8-16)21(26)24(3)13-15-5-11-18(27-4)12-6-15/h5-12,14,19H,13H2,1-4H3,(H,23,25)/t19-/m1/s1. The van der Waals surface area contributed by atoms with Crippen molar-refractivity contribution in [2.75, 3.05) is 13.3 Å². The van der Waals surface area contributed by atoms with Crippen LogP contribution in [0.4, 0.5) is 4.39 Å². The number of likely N-dealkylation sites (N-methyl/N-ethyl adjacent to an activating group) is 1. The molecule has 2 aromatic carbocycles. The molecule has 1 N–H and O–H groups in total. The molecule has 144 valence electrons. The van der Waals surface area contributed by atoms with Crippen LogP contribution in [0.1, 0.15) is 29.8 Å². The van der Waals surface area contributed by atoms with Gasteiger partial charge in [0.1, 0.15) is 11.9 Å². The van der Waals surface area contributed by atoms with Gasteiger partial charge in [-0.05, 0) is 54.1 Å². The van der Waals surface area contributed by atoms with Crippen molar-refractivity contribution in [3.05, 3.63) is 65.5 Å². The molecule has 2 amide bonds. The number of hydrogen-bond donors (Lipinski definition) is 1. The zero-order chi connectivity index (χ0) is 20.0. The van der Waals surface area contributed by atoms with Crippen molar-refractivity contribution in [2.45, 2.75) is 31.3 Å². The molecule has 0 saturated carbocycles. The molecule has 0 unspecified atom stereocenters. The van der Waals surface area contributed by atoms with Crippen LogP contribution in [0, 0.1) is 11.7 Å². The van der Waals surface area contributed by atoms with Crippen molar-refractivity contribution in [3.63, 3.8) is 0 Å². The van der Waals surface area contributed by atoms with E-state index in [0.717, 1.165) is 5.56 Å². The van der Waals surface area contributed by atoms with E-state index in [0.29, 0.717) is 12.1 Å². The summed E-state index contributed by atoms with van der Waals surface area (Å²) in [5.74, 6) is -1.03. The van der Waals surface area contributed by atoms with Crippen molar-refractivity contribution in [2.24, 2.45) is 5.92 Å². The molecule has 0 spiro atoms. The fourth-order valence-corrected chi connectivity index (χ4v) is 3.07. The van der Waals surface area contributed by atoms with E-state index < -0.39 is 11.9 Å². The van der Waals surface area contributed by atoms with Crippen molar-refractivity contribution < 1.29 is 14.0 Å². The van der Waals surface area contributed by atoms with E-state index >= 15 is 0 Å². The van der Waals surface area contributed by atoms with Crippen molar-refractivity contribution in [1.29, 1.82) is 0 Å². The summed E-state index contributed by atoms with van der Waals surface area (Å²) >= 11 is 1.67. The van der Waals surface area contributed by atoms with Gasteiger partial charge in [-0.15, -0.1) is 11.8 Å². The number of benzene rings is 2. The fourth-order valence-electron chi connectivity index (χ4n) is 2.66. The van der Waals surface area contributed by atoms with E-state index in [1.165, 1.54) is 29.2 Å². The number of amides is 2. The second kappa shape index (κ2) is 9.55. The number of halogens is 1. The molecule has 0 radical (unpaired) electrons. The Balaban J connectivity index is 2.06. The normalized spacial score (nSPS) is 11.9. The SMILES string of the molecule is CSc1ccc(CN(C)C(=O)[C@H](NC(=O)c2ccc(F)cc2)C(C)C)cc1. The average molecular weight is 389 g/mol. The molecule has 6 heteroatoms. The maximum Gasteiger partial charge on any atom is 0.251 e. The quantitative estimate of drug-likeness (QED) is 0.731. The van der Waals surface area contributed by atoms with Gasteiger partial charge in [0.2, 0.25) is 5.91 Å². The number of carbonyl (C=O) groups is 2. The number of hydrogen-bond acceptors (Lipinski definition) is 3. The molecule has 2 aromatic rings. The third kappa shape index (κ3) is 5.82. The predicted molar refractivity (Wildman–Crippen MR) is 107 cm³/mol.